The summed E-state index contributed by atoms with van der Waals surface area (Å²) in [5.74, 6) is -1.02. The Morgan fingerprint density at radius 3 is 2.31 bits per heavy atom. The van der Waals surface area contributed by atoms with Crippen LogP contribution >= 0.6 is 11.3 Å². The molecule has 1 aromatic carbocycles. The second kappa shape index (κ2) is 9.57. The van der Waals surface area contributed by atoms with Gasteiger partial charge in [-0.1, -0.05) is 25.2 Å². The van der Waals surface area contributed by atoms with Crippen LogP contribution in [0.2, 0.25) is 0 Å². The lowest BCUT2D eigenvalue weighted by Crippen LogP contribution is -2.35. The van der Waals surface area contributed by atoms with Crippen molar-refractivity contribution in [2.75, 3.05) is 23.3 Å². The largest absolute Gasteiger partial charge is 0.460 e. The summed E-state index contributed by atoms with van der Waals surface area (Å²) >= 11 is 1.41. The highest BCUT2D eigenvalue weighted by atomic mass is 32.1. The quantitative estimate of drug-likeness (QED) is 0.564. The molecule has 0 saturated carbocycles. The highest BCUT2D eigenvalue weighted by Crippen LogP contribution is 2.40. The van der Waals surface area contributed by atoms with E-state index in [0.29, 0.717) is 5.13 Å². The van der Waals surface area contributed by atoms with Gasteiger partial charge in [0, 0.05) is 18.7 Å². The molecule has 0 bridgehead atoms. The molecule has 2 heterocycles. The predicted molar refractivity (Wildman–Crippen MR) is 126 cm³/mol. The van der Waals surface area contributed by atoms with Gasteiger partial charge < -0.3 is 15.0 Å². The van der Waals surface area contributed by atoms with Gasteiger partial charge in [0.05, 0.1) is 11.8 Å². The summed E-state index contributed by atoms with van der Waals surface area (Å²) in [4.78, 5) is 32.2. The molecule has 0 unspecified atom stereocenters. The van der Waals surface area contributed by atoms with Crippen molar-refractivity contribution in [1.82, 2.24) is 4.98 Å². The monoisotopic (exact) mass is 461 g/mol. The van der Waals surface area contributed by atoms with E-state index in [4.69, 9.17) is 4.74 Å². The van der Waals surface area contributed by atoms with Crippen molar-refractivity contribution in [3.8, 4) is 11.3 Å². The Labute approximate surface area is 193 Å². The van der Waals surface area contributed by atoms with Crippen molar-refractivity contribution in [3.05, 3.63) is 30.1 Å². The minimum Gasteiger partial charge on any atom is -0.460 e. The molecule has 32 heavy (non-hydrogen) atoms. The number of carbonyl (C=O) groups excluding carboxylic acids is 2. The molecule has 1 saturated heterocycles. The number of thiazole rings is 1. The van der Waals surface area contributed by atoms with E-state index in [1.165, 1.54) is 29.9 Å². The van der Waals surface area contributed by atoms with Crippen LogP contribution in [-0.4, -0.2) is 35.6 Å². The maximum absolute atomic E-state index is 13.5. The Balaban J connectivity index is 1.82. The van der Waals surface area contributed by atoms with Crippen LogP contribution in [0.3, 0.4) is 0 Å². The summed E-state index contributed by atoms with van der Waals surface area (Å²) < 4.78 is 18.8. The number of aromatic nitrogens is 1. The van der Waals surface area contributed by atoms with Gasteiger partial charge in [-0.05, 0) is 64.3 Å². The summed E-state index contributed by atoms with van der Waals surface area (Å²) in [6, 6.07) is 6.24. The molecule has 1 aliphatic heterocycles. The maximum Gasteiger partial charge on any atom is 0.307 e. The number of anilines is 2. The lowest BCUT2D eigenvalue weighted by atomic mass is 9.88. The fourth-order valence-electron chi connectivity index (χ4n) is 3.56. The zero-order valence-corrected chi connectivity index (χ0v) is 20.3. The molecule has 2 aromatic rings. The first-order chi connectivity index (χ1) is 14.9. The van der Waals surface area contributed by atoms with E-state index in [1.807, 2.05) is 0 Å². The van der Waals surface area contributed by atoms with Crippen LogP contribution in [0, 0.1) is 11.2 Å². The molecule has 1 fully saturated rings. The molecule has 8 heteroatoms. The minimum atomic E-state index is -0.963. The zero-order chi connectivity index (χ0) is 23.5. The zero-order valence-electron chi connectivity index (χ0n) is 19.5. The van der Waals surface area contributed by atoms with Gasteiger partial charge >= 0.3 is 5.97 Å². The average molecular weight is 462 g/mol. The SMILES string of the molecule is CC(C)(C)OC(=O)CC(C)(C)C(=O)Nc1nc(-c2ccc(F)cc2)c(N2CCCCC2)s1. The number of ether oxygens (including phenoxy) is 1. The molecule has 1 aromatic heterocycles. The molecule has 1 amide bonds. The second-order valence-corrected chi connectivity index (χ2v) is 10.8. The number of amides is 1. The predicted octanol–water partition coefficient (Wildman–Crippen LogP) is 5.64. The number of benzene rings is 1. The van der Waals surface area contributed by atoms with Gasteiger partial charge in [-0.15, -0.1) is 0 Å². The fraction of sp³-hybridized carbons (Fsp3) is 0.542. The summed E-state index contributed by atoms with van der Waals surface area (Å²) in [6.45, 7) is 10.7. The molecule has 3 rings (SSSR count). The molecular weight excluding hydrogens is 429 g/mol. The number of esters is 1. The van der Waals surface area contributed by atoms with Crippen LogP contribution in [0.25, 0.3) is 11.3 Å². The summed E-state index contributed by atoms with van der Waals surface area (Å²) in [5.41, 5.74) is -0.0318. The standard InChI is InChI=1S/C24H32FN3O3S/c1-23(2,3)31-18(29)15-24(4,5)21(30)27-22-26-19(16-9-11-17(25)12-10-16)20(32-22)28-13-7-6-8-14-28/h9-12H,6-8,13-15H2,1-5H3,(H,26,27,30). The van der Waals surface area contributed by atoms with E-state index in [1.54, 1.807) is 46.8 Å². The number of carbonyl (C=O) groups is 2. The number of rotatable bonds is 6. The van der Waals surface area contributed by atoms with Crippen molar-refractivity contribution < 1.29 is 18.7 Å². The van der Waals surface area contributed by atoms with Crippen LogP contribution in [0.15, 0.2) is 24.3 Å². The first kappa shape index (κ1) is 24.2. The van der Waals surface area contributed by atoms with Crippen molar-refractivity contribution >= 4 is 33.3 Å². The van der Waals surface area contributed by atoms with E-state index >= 15 is 0 Å². The second-order valence-electron chi connectivity index (χ2n) is 9.83. The van der Waals surface area contributed by atoms with E-state index in [-0.39, 0.29) is 18.1 Å². The normalized spacial score (nSPS) is 14.9. The number of halogens is 1. The molecule has 0 spiro atoms. The summed E-state index contributed by atoms with van der Waals surface area (Å²) in [6.07, 6.45) is 3.37. The first-order valence-corrected chi connectivity index (χ1v) is 11.8. The number of nitrogens with zero attached hydrogens (tertiary/aromatic N) is 2. The number of nitrogens with one attached hydrogen (secondary N) is 1. The van der Waals surface area contributed by atoms with Crippen LogP contribution in [0.5, 0.6) is 0 Å². The summed E-state index contributed by atoms with van der Waals surface area (Å²) in [7, 11) is 0. The van der Waals surface area contributed by atoms with Gasteiger partial charge in [0.15, 0.2) is 5.13 Å². The smallest absolute Gasteiger partial charge is 0.307 e. The number of hydrogen-bond donors (Lipinski definition) is 1. The third kappa shape index (κ3) is 6.28. The van der Waals surface area contributed by atoms with Crippen LogP contribution in [-0.2, 0) is 14.3 Å². The van der Waals surface area contributed by atoms with E-state index in [0.717, 1.165) is 42.2 Å². The Morgan fingerprint density at radius 2 is 1.72 bits per heavy atom. The van der Waals surface area contributed by atoms with E-state index < -0.39 is 17.0 Å². The Bertz CT molecular complexity index is 958. The van der Waals surface area contributed by atoms with Gasteiger partial charge in [-0.3, -0.25) is 9.59 Å². The molecule has 1 aliphatic rings. The Morgan fingerprint density at radius 1 is 1.09 bits per heavy atom. The van der Waals surface area contributed by atoms with Crippen molar-refractivity contribution in [3.63, 3.8) is 0 Å². The van der Waals surface area contributed by atoms with Gasteiger partial charge in [0.2, 0.25) is 5.91 Å². The number of piperidine rings is 1. The van der Waals surface area contributed by atoms with Gasteiger partial charge in [0.1, 0.15) is 22.1 Å². The molecule has 0 atom stereocenters. The van der Waals surface area contributed by atoms with Gasteiger partial charge in [-0.25, -0.2) is 9.37 Å². The van der Waals surface area contributed by atoms with Crippen LogP contribution in [0.4, 0.5) is 14.5 Å². The molecule has 0 aliphatic carbocycles. The first-order valence-electron chi connectivity index (χ1n) is 11.0. The maximum atomic E-state index is 13.5. The summed E-state index contributed by atoms with van der Waals surface area (Å²) in [5, 5.41) is 4.33. The minimum absolute atomic E-state index is 0.0364. The third-order valence-electron chi connectivity index (χ3n) is 5.21. The molecule has 174 valence electrons. The molecular formula is C24H32FN3O3S. The van der Waals surface area contributed by atoms with E-state index in [2.05, 4.69) is 15.2 Å². The average Bonchev–Trinajstić information content (AvgIpc) is 3.11. The lowest BCUT2D eigenvalue weighted by Gasteiger charge is -2.28. The number of hydrogen-bond acceptors (Lipinski definition) is 6. The van der Waals surface area contributed by atoms with Gasteiger partial charge in [-0.2, -0.15) is 0 Å². The fourth-order valence-corrected chi connectivity index (χ4v) is 4.59. The van der Waals surface area contributed by atoms with Gasteiger partial charge in [0.25, 0.3) is 0 Å². The Kier molecular flexibility index (Phi) is 7.22. The molecule has 0 radical (unpaired) electrons. The highest BCUT2D eigenvalue weighted by molar-refractivity contribution is 7.20. The Hall–Kier alpha value is -2.48. The highest BCUT2D eigenvalue weighted by Gasteiger charge is 2.34. The third-order valence-corrected chi connectivity index (χ3v) is 6.24. The topological polar surface area (TPSA) is 71.5 Å². The van der Waals surface area contributed by atoms with Crippen LogP contribution < -0.4 is 10.2 Å². The lowest BCUT2D eigenvalue weighted by molar-refractivity contribution is -0.158. The molecule has 1 N–H and O–H groups in total. The van der Waals surface area contributed by atoms with Crippen molar-refractivity contribution in [2.45, 2.75) is 65.9 Å². The van der Waals surface area contributed by atoms with Crippen LogP contribution in [0.1, 0.15) is 60.3 Å². The van der Waals surface area contributed by atoms with Crippen molar-refractivity contribution in [1.29, 1.82) is 0 Å². The van der Waals surface area contributed by atoms with E-state index in [9.17, 15) is 14.0 Å². The van der Waals surface area contributed by atoms with Crippen molar-refractivity contribution in [2.24, 2.45) is 5.41 Å². The molecule has 6 nitrogen and oxygen atoms in total.